The van der Waals surface area contributed by atoms with Crippen molar-refractivity contribution >= 4 is 0 Å². The molecule has 1 heteroatoms. The molecule has 16 heavy (non-hydrogen) atoms. The first-order chi connectivity index (χ1) is 7.44. The summed E-state index contributed by atoms with van der Waals surface area (Å²) in [5.41, 5.74) is 2.35. The van der Waals surface area contributed by atoms with Gasteiger partial charge >= 0.3 is 0 Å². The minimum atomic E-state index is 0.110. The monoisotopic (exact) mass is 220 g/mol. The van der Waals surface area contributed by atoms with E-state index in [1.807, 2.05) is 0 Å². The van der Waals surface area contributed by atoms with Crippen LogP contribution >= 0.6 is 0 Å². The van der Waals surface area contributed by atoms with E-state index in [0.29, 0.717) is 11.8 Å². The first kappa shape index (κ1) is 13.2. The third-order valence-corrected chi connectivity index (χ3v) is 4.19. The van der Waals surface area contributed by atoms with Crippen molar-refractivity contribution in [2.75, 3.05) is 6.61 Å². The first-order valence-electron chi connectivity index (χ1n) is 6.02. The van der Waals surface area contributed by atoms with Crippen LogP contribution in [0.1, 0.15) is 33.1 Å². The van der Waals surface area contributed by atoms with Gasteiger partial charge in [0.1, 0.15) is 0 Å². The molecule has 1 fully saturated rings. The van der Waals surface area contributed by atoms with Crippen molar-refractivity contribution in [2.45, 2.75) is 33.1 Å². The van der Waals surface area contributed by atoms with Crippen LogP contribution in [0, 0.1) is 17.3 Å². The molecule has 0 radical (unpaired) electrons. The summed E-state index contributed by atoms with van der Waals surface area (Å²) in [5, 5.41) is 9.16. The SMILES string of the molecule is C=C[C@]1(C)CC[C@@H](C(=C)CO)C[C@H]1C(=C)C. The van der Waals surface area contributed by atoms with Crippen molar-refractivity contribution in [1.82, 2.24) is 0 Å². The van der Waals surface area contributed by atoms with E-state index in [0.717, 1.165) is 24.8 Å². The third kappa shape index (κ3) is 2.46. The smallest absolute Gasteiger partial charge is 0.0641 e. The molecule has 1 N–H and O–H groups in total. The van der Waals surface area contributed by atoms with Crippen molar-refractivity contribution in [1.29, 1.82) is 0 Å². The minimum absolute atomic E-state index is 0.110. The summed E-state index contributed by atoms with van der Waals surface area (Å²) in [5.74, 6) is 0.909. The lowest BCUT2D eigenvalue weighted by atomic mass is 9.61. The van der Waals surface area contributed by atoms with Gasteiger partial charge in [0.25, 0.3) is 0 Å². The van der Waals surface area contributed by atoms with Crippen LogP contribution in [0.4, 0.5) is 0 Å². The van der Waals surface area contributed by atoms with Crippen molar-refractivity contribution in [3.63, 3.8) is 0 Å². The van der Waals surface area contributed by atoms with Crippen LogP contribution in [0.2, 0.25) is 0 Å². The fourth-order valence-corrected chi connectivity index (χ4v) is 2.84. The number of aliphatic hydroxyl groups is 1. The van der Waals surface area contributed by atoms with Gasteiger partial charge in [-0.1, -0.05) is 31.7 Å². The van der Waals surface area contributed by atoms with E-state index in [1.165, 1.54) is 5.57 Å². The minimum Gasteiger partial charge on any atom is -0.392 e. The molecule has 0 aromatic heterocycles. The Morgan fingerprint density at radius 2 is 2.12 bits per heavy atom. The number of hydrogen-bond acceptors (Lipinski definition) is 1. The van der Waals surface area contributed by atoms with Crippen molar-refractivity contribution < 1.29 is 5.11 Å². The van der Waals surface area contributed by atoms with Gasteiger partial charge in [-0.25, -0.2) is 0 Å². The number of hydrogen-bond donors (Lipinski definition) is 1. The summed E-state index contributed by atoms with van der Waals surface area (Å²) in [4.78, 5) is 0. The zero-order valence-electron chi connectivity index (χ0n) is 10.6. The molecule has 1 aliphatic rings. The van der Waals surface area contributed by atoms with Crippen molar-refractivity contribution in [3.8, 4) is 0 Å². The molecular formula is C15H24O. The maximum absolute atomic E-state index is 9.16. The van der Waals surface area contributed by atoms with E-state index < -0.39 is 0 Å². The van der Waals surface area contributed by atoms with E-state index in [4.69, 9.17) is 5.11 Å². The highest BCUT2D eigenvalue weighted by Gasteiger charge is 2.38. The Morgan fingerprint density at radius 3 is 2.56 bits per heavy atom. The van der Waals surface area contributed by atoms with Crippen LogP contribution in [0.5, 0.6) is 0 Å². The Morgan fingerprint density at radius 1 is 1.50 bits per heavy atom. The van der Waals surface area contributed by atoms with E-state index in [1.54, 1.807) is 0 Å². The summed E-state index contributed by atoms with van der Waals surface area (Å²) in [7, 11) is 0. The second-order valence-electron chi connectivity index (χ2n) is 5.40. The van der Waals surface area contributed by atoms with Crippen molar-refractivity contribution in [2.24, 2.45) is 17.3 Å². The normalized spacial score (nSPS) is 34.4. The number of allylic oxidation sites excluding steroid dienone is 2. The molecule has 1 nitrogen and oxygen atoms in total. The van der Waals surface area contributed by atoms with Gasteiger partial charge in [0.05, 0.1) is 6.61 Å². The van der Waals surface area contributed by atoms with Crippen LogP contribution in [0.3, 0.4) is 0 Å². The van der Waals surface area contributed by atoms with E-state index in [2.05, 4.69) is 39.7 Å². The van der Waals surface area contributed by atoms with Crippen molar-refractivity contribution in [3.05, 3.63) is 37.0 Å². The van der Waals surface area contributed by atoms with E-state index in [-0.39, 0.29) is 12.0 Å². The largest absolute Gasteiger partial charge is 0.392 e. The molecule has 0 heterocycles. The zero-order chi connectivity index (χ0) is 12.3. The van der Waals surface area contributed by atoms with Gasteiger partial charge in [0, 0.05) is 0 Å². The van der Waals surface area contributed by atoms with Gasteiger partial charge in [-0.3, -0.25) is 0 Å². The molecule has 0 saturated heterocycles. The Kier molecular flexibility index (Phi) is 4.15. The van der Waals surface area contributed by atoms with Gasteiger partial charge in [0.2, 0.25) is 0 Å². The summed E-state index contributed by atoms with van der Waals surface area (Å²) >= 11 is 0. The van der Waals surface area contributed by atoms with Crippen LogP contribution < -0.4 is 0 Å². The molecule has 1 aliphatic carbocycles. The van der Waals surface area contributed by atoms with Gasteiger partial charge in [0.15, 0.2) is 0 Å². The van der Waals surface area contributed by atoms with Crippen LogP contribution in [0.25, 0.3) is 0 Å². The topological polar surface area (TPSA) is 20.2 Å². The molecule has 0 aromatic rings. The molecule has 0 spiro atoms. The molecular weight excluding hydrogens is 196 g/mol. The number of aliphatic hydroxyl groups excluding tert-OH is 1. The molecule has 1 saturated carbocycles. The Bertz CT molecular complexity index is 303. The van der Waals surface area contributed by atoms with Gasteiger partial charge in [-0.15, -0.1) is 6.58 Å². The number of rotatable bonds is 4. The van der Waals surface area contributed by atoms with Crippen LogP contribution in [-0.2, 0) is 0 Å². The third-order valence-electron chi connectivity index (χ3n) is 4.19. The second-order valence-corrected chi connectivity index (χ2v) is 5.40. The predicted octanol–water partition coefficient (Wildman–Crippen LogP) is 3.72. The average Bonchev–Trinajstić information content (AvgIpc) is 2.28. The highest BCUT2D eigenvalue weighted by atomic mass is 16.3. The summed E-state index contributed by atoms with van der Waals surface area (Å²) in [6.45, 7) is 16.5. The van der Waals surface area contributed by atoms with Gasteiger partial charge < -0.3 is 5.11 Å². The fourth-order valence-electron chi connectivity index (χ4n) is 2.84. The Hall–Kier alpha value is -0.820. The van der Waals surface area contributed by atoms with Crippen LogP contribution in [-0.4, -0.2) is 11.7 Å². The molecule has 90 valence electrons. The molecule has 0 unspecified atom stereocenters. The lowest BCUT2D eigenvalue weighted by molar-refractivity contribution is 0.161. The highest BCUT2D eigenvalue weighted by molar-refractivity contribution is 5.15. The van der Waals surface area contributed by atoms with Gasteiger partial charge in [-0.2, -0.15) is 0 Å². The van der Waals surface area contributed by atoms with E-state index in [9.17, 15) is 0 Å². The van der Waals surface area contributed by atoms with Crippen LogP contribution in [0.15, 0.2) is 37.0 Å². The summed E-state index contributed by atoms with van der Waals surface area (Å²) < 4.78 is 0. The summed E-state index contributed by atoms with van der Waals surface area (Å²) in [6.07, 6.45) is 5.34. The fraction of sp³-hybridized carbons (Fsp3) is 0.600. The lowest BCUT2D eigenvalue weighted by Gasteiger charge is -2.43. The van der Waals surface area contributed by atoms with Gasteiger partial charge in [-0.05, 0) is 49.0 Å². The molecule has 0 aromatic carbocycles. The predicted molar refractivity (Wildman–Crippen MR) is 70.2 cm³/mol. The molecule has 3 atom stereocenters. The zero-order valence-corrected chi connectivity index (χ0v) is 10.6. The maximum atomic E-state index is 9.16. The maximum Gasteiger partial charge on any atom is 0.0641 e. The average molecular weight is 220 g/mol. The molecule has 0 aliphatic heterocycles. The standard InChI is InChI=1S/C15H24O/c1-6-15(5)8-7-13(12(4)10-16)9-14(15)11(2)3/h6,13-14,16H,1-2,4,7-10H2,3,5H3/t13-,14+,15-/m1/s1. The Labute approximate surface area is 99.6 Å². The summed E-state index contributed by atoms with van der Waals surface area (Å²) in [6, 6.07) is 0. The lowest BCUT2D eigenvalue weighted by Crippen LogP contribution is -2.34. The quantitative estimate of drug-likeness (QED) is 0.716. The molecule has 1 rings (SSSR count). The highest BCUT2D eigenvalue weighted by Crippen LogP contribution is 2.48. The molecule has 0 amide bonds. The molecule has 0 bridgehead atoms. The Balaban J connectivity index is 2.85. The second kappa shape index (κ2) is 5.01. The first-order valence-corrected chi connectivity index (χ1v) is 6.02. The van der Waals surface area contributed by atoms with E-state index >= 15 is 0 Å².